The molecule has 0 aromatic carbocycles. The van der Waals surface area contributed by atoms with Crippen LogP contribution in [0.4, 0.5) is 0 Å². The first kappa shape index (κ1) is 14.4. The molecule has 0 bridgehead atoms. The lowest BCUT2D eigenvalue weighted by Gasteiger charge is -2.37. The molecule has 0 aromatic heterocycles. The van der Waals surface area contributed by atoms with Crippen LogP contribution in [0.5, 0.6) is 0 Å². The fraction of sp³-hybridized carbons (Fsp3) is 0.833. The molecule has 0 saturated heterocycles. The van der Waals surface area contributed by atoms with E-state index >= 15 is 0 Å². The van der Waals surface area contributed by atoms with E-state index in [4.69, 9.17) is 22.7 Å². The molecule has 17 heavy (non-hydrogen) atoms. The van der Waals surface area contributed by atoms with Crippen LogP contribution in [-0.4, -0.2) is 29.6 Å². The fourth-order valence-corrected chi connectivity index (χ4v) is 2.08. The summed E-state index contributed by atoms with van der Waals surface area (Å²) in [6.45, 7) is 6.42. The molecule has 1 atom stereocenters. The molecule has 3 N–H and O–H groups in total. The van der Waals surface area contributed by atoms with Crippen molar-refractivity contribution in [1.29, 1.82) is 0 Å². The fourth-order valence-electron chi connectivity index (χ4n) is 1.85. The Kier molecular flexibility index (Phi) is 4.89. The molecule has 0 aliphatic heterocycles. The third-order valence-corrected chi connectivity index (χ3v) is 4.04. The molecule has 5 heteroatoms. The topological polar surface area (TPSA) is 64.3 Å². The first-order chi connectivity index (χ1) is 7.93. The first-order valence-corrected chi connectivity index (χ1v) is 6.57. The van der Waals surface area contributed by atoms with Crippen molar-refractivity contribution in [3.8, 4) is 0 Å². The molecule has 98 valence electrons. The van der Waals surface area contributed by atoms with E-state index in [-0.39, 0.29) is 16.9 Å². The van der Waals surface area contributed by atoms with Gasteiger partial charge in [0.1, 0.15) is 0 Å². The molecular weight excluding hydrogens is 236 g/mol. The van der Waals surface area contributed by atoms with Gasteiger partial charge in [0, 0.05) is 12.6 Å². The Hall–Kier alpha value is -0.680. The zero-order valence-electron chi connectivity index (χ0n) is 10.8. The Morgan fingerprint density at radius 2 is 2.12 bits per heavy atom. The van der Waals surface area contributed by atoms with E-state index in [2.05, 4.69) is 5.32 Å². The van der Waals surface area contributed by atoms with Crippen LogP contribution >= 0.6 is 12.2 Å². The van der Waals surface area contributed by atoms with Gasteiger partial charge in [0.05, 0.1) is 16.5 Å². The van der Waals surface area contributed by atoms with Crippen molar-refractivity contribution >= 4 is 23.1 Å². The highest BCUT2D eigenvalue weighted by molar-refractivity contribution is 7.80. The molecule has 4 nitrogen and oxygen atoms in total. The van der Waals surface area contributed by atoms with Gasteiger partial charge in [-0.2, -0.15) is 0 Å². The maximum atomic E-state index is 12.1. The standard InChI is InChI=1S/C12H22N2O2S/c1-4-12(3,10(13)17)11(15)14-8-6-9(7-8)16-5-2/h8-9H,4-7H2,1-3H3,(H2,13,17)(H,14,15). The maximum absolute atomic E-state index is 12.1. The minimum atomic E-state index is -0.730. The van der Waals surface area contributed by atoms with E-state index in [0.29, 0.717) is 12.5 Å². The van der Waals surface area contributed by atoms with Crippen molar-refractivity contribution in [3.05, 3.63) is 0 Å². The largest absolute Gasteiger partial charge is 0.392 e. The van der Waals surface area contributed by atoms with Crippen molar-refractivity contribution < 1.29 is 9.53 Å². The number of carbonyl (C=O) groups excluding carboxylic acids is 1. The Morgan fingerprint density at radius 3 is 2.53 bits per heavy atom. The molecular formula is C12H22N2O2S. The van der Waals surface area contributed by atoms with E-state index < -0.39 is 5.41 Å². The summed E-state index contributed by atoms with van der Waals surface area (Å²) in [5, 5.41) is 2.99. The van der Waals surface area contributed by atoms with Gasteiger partial charge in [0.15, 0.2) is 0 Å². The van der Waals surface area contributed by atoms with Gasteiger partial charge >= 0.3 is 0 Å². The zero-order chi connectivity index (χ0) is 13.1. The number of nitrogens with one attached hydrogen (secondary N) is 1. The molecule has 1 saturated carbocycles. The Balaban J connectivity index is 2.43. The van der Waals surface area contributed by atoms with E-state index in [0.717, 1.165) is 19.4 Å². The average Bonchev–Trinajstić information content (AvgIpc) is 2.24. The van der Waals surface area contributed by atoms with Crippen LogP contribution in [0.25, 0.3) is 0 Å². The summed E-state index contributed by atoms with van der Waals surface area (Å²) in [6.07, 6.45) is 2.69. The quantitative estimate of drug-likeness (QED) is 0.706. The van der Waals surface area contributed by atoms with Crippen LogP contribution in [0.15, 0.2) is 0 Å². The van der Waals surface area contributed by atoms with Gasteiger partial charge in [-0.05, 0) is 33.1 Å². The minimum absolute atomic E-state index is 0.0625. The minimum Gasteiger partial charge on any atom is -0.392 e. The summed E-state index contributed by atoms with van der Waals surface area (Å²) in [5.74, 6) is -0.0625. The molecule has 1 aliphatic rings. The number of nitrogens with two attached hydrogens (primary N) is 1. The van der Waals surface area contributed by atoms with Gasteiger partial charge in [0.2, 0.25) is 5.91 Å². The highest BCUT2D eigenvalue weighted by Gasteiger charge is 2.38. The van der Waals surface area contributed by atoms with Gasteiger partial charge in [-0.25, -0.2) is 0 Å². The molecule has 0 heterocycles. The summed E-state index contributed by atoms with van der Waals surface area (Å²) in [7, 11) is 0. The van der Waals surface area contributed by atoms with Gasteiger partial charge in [-0.1, -0.05) is 19.1 Å². The van der Waals surface area contributed by atoms with Crippen molar-refractivity contribution in [2.24, 2.45) is 11.1 Å². The Bertz CT molecular complexity index is 303. The summed E-state index contributed by atoms with van der Waals surface area (Å²) in [4.78, 5) is 12.3. The molecule has 1 fully saturated rings. The Labute approximate surface area is 108 Å². The lowest BCUT2D eigenvalue weighted by molar-refractivity contribution is -0.129. The lowest BCUT2D eigenvalue weighted by atomic mass is 9.83. The monoisotopic (exact) mass is 258 g/mol. The van der Waals surface area contributed by atoms with Crippen LogP contribution in [-0.2, 0) is 9.53 Å². The Morgan fingerprint density at radius 1 is 1.53 bits per heavy atom. The number of carbonyl (C=O) groups is 1. The SMILES string of the molecule is CCOC1CC(NC(=O)C(C)(CC)C(N)=S)C1. The van der Waals surface area contributed by atoms with Crippen LogP contribution in [0, 0.1) is 5.41 Å². The highest BCUT2D eigenvalue weighted by atomic mass is 32.1. The van der Waals surface area contributed by atoms with Gasteiger partial charge in [-0.3, -0.25) is 4.79 Å². The molecule has 1 rings (SSSR count). The lowest BCUT2D eigenvalue weighted by Crippen LogP contribution is -2.54. The smallest absolute Gasteiger partial charge is 0.232 e. The third kappa shape index (κ3) is 3.16. The number of ether oxygens (including phenoxy) is 1. The number of hydrogen-bond acceptors (Lipinski definition) is 3. The van der Waals surface area contributed by atoms with Gasteiger partial charge < -0.3 is 15.8 Å². The van der Waals surface area contributed by atoms with Crippen LogP contribution in [0.3, 0.4) is 0 Å². The number of amides is 1. The molecule has 0 radical (unpaired) electrons. The summed E-state index contributed by atoms with van der Waals surface area (Å²) in [6, 6.07) is 0.208. The second kappa shape index (κ2) is 5.78. The third-order valence-electron chi connectivity index (χ3n) is 3.58. The molecule has 1 aliphatic carbocycles. The van der Waals surface area contributed by atoms with Crippen LogP contribution in [0.1, 0.15) is 40.0 Å². The van der Waals surface area contributed by atoms with Crippen molar-refractivity contribution in [2.75, 3.05) is 6.61 Å². The van der Waals surface area contributed by atoms with E-state index in [9.17, 15) is 4.79 Å². The first-order valence-electron chi connectivity index (χ1n) is 6.16. The summed E-state index contributed by atoms with van der Waals surface area (Å²) < 4.78 is 5.45. The van der Waals surface area contributed by atoms with Crippen molar-refractivity contribution in [1.82, 2.24) is 5.32 Å². The van der Waals surface area contributed by atoms with Gasteiger partial charge in [0.25, 0.3) is 0 Å². The second-order valence-electron chi connectivity index (χ2n) is 4.77. The molecule has 1 unspecified atom stereocenters. The second-order valence-corrected chi connectivity index (χ2v) is 5.21. The zero-order valence-corrected chi connectivity index (χ0v) is 11.6. The van der Waals surface area contributed by atoms with E-state index in [1.54, 1.807) is 6.92 Å². The van der Waals surface area contributed by atoms with Crippen LogP contribution < -0.4 is 11.1 Å². The van der Waals surface area contributed by atoms with Crippen LogP contribution in [0.2, 0.25) is 0 Å². The predicted molar refractivity (Wildman–Crippen MR) is 71.8 cm³/mol. The average molecular weight is 258 g/mol. The molecule has 1 amide bonds. The molecule has 0 aromatic rings. The number of rotatable bonds is 6. The van der Waals surface area contributed by atoms with Crippen molar-refractivity contribution in [2.45, 2.75) is 52.2 Å². The molecule has 0 spiro atoms. The maximum Gasteiger partial charge on any atom is 0.232 e. The normalized spacial score (nSPS) is 26.8. The van der Waals surface area contributed by atoms with E-state index in [1.165, 1.54) is 0 Å². The summed E-state index contributed by atoms with van der Waals surface area (Å²) in [5.41, 5.74) is 4.91. The van der Waals surface area contributed by atoms with Gasteiger partial charge in [-0.15, -0.1) is 0 Å². The number of hydrogen-bond donors (Lipinski definition) is 2. The summed E-state index contributed by atoms with van der Waals surface area (Å²) >= 11 is 4.97. The van der Waals surface area contributed by atoms with Crippen molar-refractivity contribution in [3.63, 3.8) is 0 Å². The highest BCUT2D eigenvalue weighted by Crippen LogP contribution is 2.27. The predicted octanol–water partition coefficient (Wildman–Crippen LogP) is 1.37. The van der Waals surface area contributed by atoms with E-state index in [1.807, 2.05) is 13.8 Å². The number of thiocarbonyl (C=S) groups is 1.